The van der Waals surface area contributed by atoms with Crippen LogP contribution in [0, 0.1) is 5.92 Å². The summed E-state index contributed by atoms with van der Waals surface area (Å²) < 4.78 is 6.42. The van der Waals surface area contributed by atoms with Gasteiger partial charge in [0.1, 0.15) is 0 Å². The Balaban J connectivity index is 1.25. The first-order valence-corrected chi connectivity index (χ1v) is 11.2. The van der Waals surface area contributed by atoms with Crippen molar-refractivity contribution in [2.45, 2.75) is 26.3 Å². The van der Waals surface area contributed by atoms with Gasteiger partial charge in [-0.1, -0.05) is 21.1 Å². The second-order valence-electron chi connectivity index (χ2n) is 7.82. The van der Waals surface area contributed by atoms with E-state index in [1.165, 1.54) is 6.92 Å². The summed E-state index contributed by atoms with van der Waals surface area (Å²) in [6.07, 6.45) is 1.53. The summed E-state index contributed by atoms with van der Waals surface area (Å²) in [5.41, 5.74) is 2.33. The summed E-state index contributed by atoms with van der Waals surface area (Å²) in [6.45, 7) is 3.61. The quantitative estimate of drug-likeness (QED) is 0.526. The third-order valence-electron chi connectivity index (χ3n) is 5.36. The minimum atomic E-state index is -0.126. The lowest BCUT2D eigenvalue weighted by molar-refractivity contribution is -0.121. The maximum absolute atomic E-state index is 12.6. The van der Waals surface area contributed by atoms with E-state index in [0.717, 1.165) is 41.7 Å². The van der Waals surface area contributed by atoms with Gasteiger partial charge < -0.3 is 15.2 Å². The summed E-state index contributed by atoms with van der Waals surface area (Å²) in [7, 11) is 0. The number of amides is 2. The number of likely N-dealkylation sites (tertiary alicyclic amines) is 1. The molecule has 0 atom stereocenters. The first-order valence-electron chi connectivity index (χ1n) is 10.5. The highest BCUT2D eigenvalue weighted by molar-refractivity contribution is 9.10. The van der Waals surface area contributed by atoms with Crippen LogP contribution in [0.25, 0.3) is 11.4 Å². The number of carbonyl (C=O) groups is 2. The number of piperidine rings is 1. The normalized spacial score (nSPS) is 14.8. The average molecular weight is 498 g/mol. The minimum Gasteiger partial charge on any atom is -0.338 e. The zero-order valence-electron chi connectivity index (χ0n) is 17.7. The van der Waals surface area contributed by atoms with E-state index >= 15 is 0 Å². The van der Waals surface area contributed by atoms with E-state index in [1.54, 1.807) is 24.3 Å². The molecule has 2 N–H and O–H groups in total. The molecule has 0 saturated carbocycles. The Morgan fingerprint density at radius 1 is 1.03 bits per heavy atom. The van der Waals surface area contributed by atoms with Crippen molar-refractivity contribution in [1.82, 2.24) is 15.0 Å². The largest absolute Gasteiger partial charge is 0.338 e. The molecule has 9 heteroatoms. The predicted octanol–water partition coefficient (Wildman–Crippen LogP) is 4.31. The van der Waals surface area contributed by atoms with E-state index in [1.807, 2.05) is 24.3 Å². The van der Waals surface area contributed by atoms with E-state index in [0.29, 0.717) is 23.9 Å². The highest BCUT2D eigenvalue weighted by Crippen LogP contribution is 2.23. The lowest BCUT2D eigenvalue weighted by atomic mass is 9.96. The summed E-state index contributed by atoms with van der Waals surface area (Å²) >= 11 is 3.42. The molecule has 0 unspecified atom stereocenters. The van der Waals surface area contributed by atoms with Gasteiger partial charge in [0, 0.05) is 34.3 Å². The van der Waals surface area contributed by atoms with Crippen LogP contribution in [-0.4, -0.2) is 39.9 Å². The fraction of sp³-hybridized carbons (Fsp3) is 0.304. The molecule has 2 amide bonds. The van der Waals surface area contributed by atoms with Crippen molar-refractivity contribution in [3.8, 4) is 11.4 Å². The van der Waals surface area contributed by atoms with Crippen LogP contribution < -0.4 is 10.6 Å². The lowest BCUT2D eigenvalue weighted by Gasteiger charge is -2.30. The number of hydrogen-bond acceptors (Lipinski definition) is 6. The van der Waals surface area contributed by atoms with E-state index in [-0.39, 0.29) is 17.7 Å². The van der Waals surface area contributed by atoms with Crippen molar-refractivity contribution in [3.05, 3.63) is 58.9 Å². The number of rotatable bonds is 6. The molecule has 1 fully saturated rings. The van der Waals surface area contributed by atoms with Crippen LogP contribution in [-0.2, 0) is 16.1 Å². The number of nitrogens with zero attached hydrogens (tertiary/aromatic N) is 3. The van der Waals surface area contributed by atoms with Crippen molar-refractivity contribution in [2.75, 3.05) is 23.7 Å². The van der Waals surface area contributed by atoms with Gasteiger partial charge >= 0.3 is 0 Å². The van der Waals surface area contributed by atoms with E-state index in [4.69, 9.17) is 4.52 Å². The molecule has 0 aliphatic carbocycles. The molecule has 1 aliphatic rings. The average Bonchev–Trinajstić information content (AvgIpc) is 3.24. The molecule has 4 rings (SSSR count). The Morgan fingerprint density at radius 2 is 1.66 bits per heavy atom. The molecule has 1 aromatic heterocycles. The van der Waals surface area contributed by atoms with Gasteiger partial charge in [-0.05, 0) is 74.5 Å². The molecule has 8 nitrogen and oxygen atoms in total. The molecule has 2 heterocycles. The Kier molecular flexibility index (Phi) is 6.96. The number of halogens is 1. The predicted molar refractivity (Wildman–Crippen MR) is 125 cm³/mol. The molecular weight excluding hydrogens is 474 g/mol. The molecule has 166 valence electrons. The Morgan fingerprint density at radius 3 is 2.28 bits per heavy atom. The van der Waals surface area contributed by atoms with Crippen LogP contribution >= 0.6 is 15.9 Å². The summed E-state index contributed by atoms with van der Waals surface area (Å²) in [4.78, 5) is 30.5. The van der Waals surface area contributed by atoms with Crippen molar-refractivity contribution >= 4 is 39.1 Å². The molecule has 2 aromatic carbocycles. The zero-order chi connectivity index (χ0) is 22.5. The van der Waals surface area contributed by atoms with Gasteiger partial charge in [-0.3, -0.25) is 14.5 Å². The van der Waals surface area contributed by atoms with E-state index in [9.17, 15) is 9.59 Å². The summed E-state index contributed by atoms with van der Waals surface area (Å²) in [5, 5.41) is 9.76. The molecule has 1 saturated heterocycles. The molecular formula is C23H24BrN5O3. The SMILES string of the molecule is CC(=O)Nc1ccc(NC(=O)C2CCN(Cc3nc(-c4ccc(Br)cc4)no3)CC2)cc1. The van der Waals surface area contributed by atoms with Crippen molar-refractivity contribution in [1.29, 1.82) is 0 Å². The first-order chi connectivity index (χ1) is 15.5. The monoisotopic (exact) mass is 497 g/mol. The van der Waals surface area contributed by atoms with E-state index < -0.39 is 0 Å². The van der Waals surface area contributed by atoms with Crippen molar-refractivity contribution in [2.24, 2.45) is 5.92 Å². The van der Waals surface area contributed by atoms with Gasteiger partial charge in [-0.2, -0.15) is 4.98 Å². The zero-order valence-corrected chi connectivity index (χ0v) is 19.3. The van der Waals surface area contributed by atoms with Gasteiger partial charge in [0.2, 0.25) is 23.5 Å². The van der Waals surface area contributed by atoms with Gasteiger partial charge in [0.25, 0.3) is 0 Å². The van der Waals surface area contributed by atoms with Crippen LogP contribution in [0.15, 0.2) is 57.5 Å². The number of hydrogen-bond donors (Lipinski definition) is 2. The van der Waals surface area contributed by atoms with Gasteiger partial charge in [-0.25, -0.2) is 0 Å². The Bertz CT molecular complexity index is 1070. The molecule has 32 heavy (non-hydrogen) atoms. The van der Waals surface area contributed by atoms with Crippen LogP contribution in [0.2, 0.25) is 0 Å². The minimum absolute atomic E-state index is 0.0206. The summed E-state index contributed by atoms with van der Waals surface area (Å²) in [5.74, 6) is 1.00. The topological polar surface area (TPSA) is 100 Å². The standard InChI is InChI=1S/C23H24BrN5O3/c1-15(30)25-19-6-8-20(9-7-19)26-23(31)17-10-12-29(13-11-17)14-21-27-22(28-32-21)16-2-4-18(24)5-3-16/h2-9,17H,10-14H2,1H3,(H,25,30)(H,26,31). The molecule has 1 aliphatic heterocycles. The first kappa shape index (κ1) is 22.2. The Labute approximate surface area is 194 Å². The molecule has 0 bridgehead atoms. The van der Waals surface area contributed by atoms with Gasteiger partial charge in [0.05, 0.1) is 6.54 Å². The van der Waals surface area contributed by atoms with Gasteiger partial charge in [-0.15, -0.1) is 0 Å². The summed E-state index contributed by atoms with van der Waals surface area (Å²) in [6, 6.07) is 14.9. The van der Waals surface area contributed by atoms with Crippen molar-refractivity contribution < 1.29 is 14.1 Å². The van der Waals surface area contributed by atoms with Crippen LogP contribution in [0.1, 0.15) is 25.7 Å². The van der Waals surface area contributed by atoms with Gasteiger partial charge in [0.15, 0.2) is 0 Å². The number of benzene rings is 2. The van der Waals surface area contributed by atoms with Crippen molar-refractivity contribution in [3.63, 3.8) is 0 Å². The van der Waals surface area contributed by atoms with Crippen LogP contribution in [0.4, 0.5) is 11.4 Å². The Hall–Kier alpha value is -3.04. The van der Waals surface area contributed by atoms with Crippen LogP contribution in [0.5, 0.6) is 0 Å². The maximum Gasteiger partial charge on any atom is 0.241 e. The highest BCUT2D eigenvalue weighted by atomic mass is 79.9. The third kappa shape index (κ3) is 5.80. The molecule has 0 spiro atoms. The lowest BCUT2D eigenvalue weighted by Crippen LogP contribution is -2.37. The smallest absolute Gasteiger partial charge is 0.241 e. The number of nitrogens with one attached hydrogen (secondary N) is 2. The number of anilines is 2. The molecule has 3 aromatic rings. The van der Waals surface area contributed by atoms with E-state index in [2.05, 4.69) is 41.6 Å². The third-order valence-corrected chi connectivity index (χ3v) is 5.89. The second kappa shape index (κ2) is 10.1. The fourth-order valence-corrected chi connectivity index (χ4v) is 3.93. The maximum atomic E-state index is 12.6. The fourth-order valence-electron chi connectivity index (χ4n) is 3.66. The number of aromatic nitrogens is 2. The van der Waals surface area contributed by atoms with Crippen LogP contribution in [0.3, 0.4) is 0 Å². The number of carbonyl (C=O) groups excluding carboxylic acids is 2. The molecule has 0 radical (unpaired) electrons. The highest BCUT2D eigenvalue weighted by Gasteiger charge is 2.26. The second-order valence-corrected chi connectivity index (χ2v) is 8.73.